The molecule has 1 aromatic heterocycles. The molecule has 1 heterocycles. The van der Waals surface area contributed by atoms with Gasteiger partial charge in [0.2, 0.25) is 0 Å². The van der Waals surface area contributed by atoms with E-state index >= 15 is 0 Å². The molecule has 0 aliphatic heterocycles. The van der Waals surface area contributed by atoms with E-state index in [1.807, 2.05) is 36.4 Å². The molecular weight excluding hydrogens is 392 g/mol. The van der Waals surface area contributed by atoms with Crippen LogP contribution in [0.2, 0.25) is 0 Å². The molecule has 0 spiro atoms. The monoisotopic (exact) mass is 424 g/mol. The lowest BCUT2D eigenvalue weighted by molar-refractivity contribution is -0.176. The van der Waals surface area contributed by atoms with E-state index in [1.165, 1.54) is 11.1 Å². The van der Waals surface area contributed by atoms with Crippen LogP contribution >= 0.6 is 12.6 Å². The molecule has 5 heteroatoms. The molecule has 0 aliphatic rings. The molecule has 4 rings (SSSR count). The van der Waals surface area contributed by atoms with Crippen LogP contribution in [0.1, 0.15) is 50.7 Å². The van der Waals surface area contributed by atoms with Crippen molar-refractivity contribution in [1.29, 1.82) is 0 Å². The Labute approximate surface area is 185 Å². The molecule has 0 aliphatic carbocycles. The smallest absolute Gasteiger partial charge is 0.163 e. The van der Waals surface area contributed by atoms with Gasteiger partial charge in [-0.25, -0.2) is 4.98 Å². The number of hydrogen-bond donors (Lipinski definition) is 4. The number of aromatic nitrogens is 2. The third-order valence-corrected chi connectivity index (χ3v) is 4.52. The number of nitrogens with zero attached hydrogens (tertiary/aromatic N) is 1. The molecule has 3 aromatic carbocycles. The van der Waals surface area contributed by atoms with E-state index in [0.717, 1.165) is 11.0 Å². The molecule has 0 atom stereocenters. The summed E-state index contributed by atoms with van der Waals surface area (Å²) in [7, 11) is 0. The number of rotatable bonds is 2. The van der Waals surface area contributed by atoms with Crippen LogP contribution in [0.25, 0.3) is 11.0 Å². The molecule has 3 N–H and O–H groups in total. The summed E-state index contributed by atoms with van der Waals surface area (Å²) in [5.41, 5.74) is 4.83. The van der Waals surface area contributed by atoms with Crippen molar-refractivity contribution in [3.63, 3.8) is 0 Å². The number of aromatic amines is 1. The molecule has 0 bridgehead atoms. The molecule has 160 valence electrons. The second kappa shape index (κ2) is 14.4. The Bertz CT molecular complexity index is 862. The summed E-state index contributed by atoms with van der Waals surface area (Å²) >= 11 is 4.08. The highest BCUT2D eigenvalue weighted by Gasteiger charge is 1.95. The summed E-state index contributed by atoms with van der Waals surface area (Å²) in [5, 5.41) is 12.7. The SMILES string of the molecule is CC(C)c1ccccc1.CC(C)c1ccccc1.OO.Sc1nc2ccccc2[nH]1. The summed E-state index contributed by atoms with van der Waals surface area (Å²) in [5.74, 6) is 1.32. The zero-order valence-electron chi connectivity index (χ0n) is 18.0. The van der Waals surface area contributed by atoms with Crippen molar-refractivity contribution in [2.45, 2.75) is 44.7 Å². The van der Waals surface area contributed by atoms with Crippen molar-refractivity contribution in [2.24, 2.45) is 0 Å². The van der Waals surface area contributed by atoms with Gasteiger partial charge < -0.3 is 4.98 Å². The maximum atomic E-state index is 6.00. The Morgan fingerprint density at radius 2 is 1.07 bits per heavy atom. The van der Waals surface area contributed by atoms with Crippen LogP contribution in [0, 0.1) is 0 Å². The zero-order valence-corrected chi connectivity index (χ0v) is 18.9. The molecule has 0 unspecified atom stereocenters. The minimum Gasteiger partial charge on any atom is -0.333 e. The summed E-state index contributed by atoms with van der Waals surface area (Å²) in [6, 6.07) is 28.9. The van der Waals surface area contributed by atoms with Crippen LogP contribution in [-0.4, -0.2) is 20.5 Å². The van der Waals surface area contributed by atoms with Crippen molar-refractivity contribution in [2.75, 3.05) is 0 Å². The normalized spacial score (nSPS) is 9.77. The predicted molar refractivity (Wildman–Crippen MR) is 130 cm³/mol. The fourth-order valence-electron chi connectivity index (χ4n) is 2.62. The highest BCUT2D eigenvalue weighted by atomic mass is 32.1. The van der Waals surface area contributed by atoms with Gasteiger partial charge in [0.15, 0.2) is 5.16 Å². The summed E-state index contributed by atoms with van der Waals surface area (Å²) in [4.78, 5) is 7.13. The molecule has 30 heavy (non-hydrogen) atoms. The fourth-order valence-corrected chi connectivity index (χ4v) is 2.84. The second-order valence-electron chi connectivity index (χ2n) is 7.21. The van der Waals surface area contributed by atoms with Gasteiger partial charge in [-0.1, -0.05) is 100 Å². The number of H-pyrrole nitrogens is 1. The van der Waals surface area contributed by atoms with E-state index in [2.05, 4.69) is 98.8 Å². The lowest BCUT2D eigenvalue weighted by Gasteiger charge is -2.01. The van der Waals surface area contributed by atoms with Crippen LogP contribution in [-0.2, 0) is 0 Å². The number of imidazole rings is 1. The van der Waals surface area contributed by atoms with Crippen LogP contribution < -0.4 is 0 Å². The second-order valence-corrected chi connectivity index (χ2v) is 7.63. The molecule has 0 radical (unpaired) electrons. The van der Waals surface area contributed by atoms with Gasteiger partial charge in [0, 0.05) is 0 Å². The molecule has 0 amide bonds. The zero-order chi connectivity index (χ0) is 22.4. The van der Waals surface area contributed by atoms with Crippen molar-refractivity contribution in [3.8, 4) is 0 Å². The van der Waals surface area contributed by atoms with E-state index in [1.54, 1.807) is 0 Å². The first-order valence-corrected chi connectivity index (χ1v) is 10.4. The van der Waals surface area contributed by atoms with Crippen LogP contribution in [0.15, 0.2) is 90.1 Å². The van der Waals surface area contributed by atoms with Crippen LogP contribution in [0.3, 0.4) is 0 Å². The first kappa shape index (κ1) is 25.4. The highest BCUT2D eigenvalue weighted by Crippen LogP contribution is 2.13. The van der Waals surface area contributed by atoms with Gasteiger partial charge in [0.05, 0.1) is 11.0 Å². The molecule has 4 nitrogen and oxygen atoms in total. The Balaban J connectivity index is 0.000000216. The number of fused-ring (bicyclic) bond motifs is 1. The number of para-hydroxylation sites is 2. The van der Waals surface area contributed by atoms with E-state index in [-0.39, 0.29) is 0 Å². The highest BCUT2D eigenvalue weighted by molar-refractivity contribution is 7.80. The third-order valence-electron chi connectivity index (χ3n) is 4.31. The van der Waals surface area contributed by atoms with Crippen molar-refractivity contribution in [1.82, 2.24) is 9.97 Å². The Morgan fingerprint density at radius 3 is 1.43 bits per heavy atom. The van der Waals surface area contributed by atoms with E-state index < -0.39 is 0 Å². The van der Waals surface area contributed by atoms with Crippen LogP contribution in [0.4, 0.5) is 0 Å². The standard InChI is InChI=1S/2C9H12.C7H6N2S.H2O2/c2*1-8(2)9-6-4-3-5-7-9;10-7-8-5-3-1-2-4-6(5)9-7;1-2/h2*3-8H,1-2H3;1-4H,(H2,8,9,10);1-2H. The Morgan fingerprint density at radius 1 is 0.667 bits per heavy atom. The summed E-state index contributed by atoms with van der Waals surface area (Å²) < 4.78 is 0. The van der Waals surface area contributed by atoms with E-state index in [4.69, 9.17) is 10.5 Å². The number of hydrogen-bond acceptors (Lipinski definition) is 4. The molecule has 0 saturated carbocycles. The lowest BCUT2D eigenvalue weighted by atomic mass is 10.0. The number of benzene rings is 3. The van der Waals surface area contributed by atoms with Crippen molar-refractivity contribution in [3.05, 3.63) is 96.1 Å². The number of nitrogens with one attached hydrogen (secondary N) is 1. The first-order chi connectivity index (χ1) is 14.5. The molecule has 4 aromatic rings. The first-order valence-electron chi connectivity index (χ1n) is 9.91. The van der Waals surface area contributed by atoms with Crippen LogP contribution in [0.5, 0.6) is 0 Å². The average molecular weight is 425 g/mol. The minimum absolute atomic E-state index is 0.659. The predicted octanol–water partition coefficient (Wildman–Crippen LogP) is 7.49. The van der Waals surface area contributed by atoms with E-state index in [0.29, 0.717) is 17.0 Å². The maximum Gasteiger partial charge on any atom is 0.163 e. The van der Waals surface area contributed by atoms with E-state index in [9.17, 15) is 0 Å². The summed E-state index contributed by atoms with van der Waals surface area (Å²) in [6.45, 7) is 8.81. The quantitative estimate of drug-likeness (QED) is 0.153. The number of thiol groups is 1. The summed E-state index contributed by atoms with van der Waals surface area (Å²) in [6.07, 6.45) is 0. The van der Waals surface area contributed by atoms with Gasteiger partial charge in [-0.3, -0.25) is 10.5 Å². The topological polar surface area (TPSA) is 69.1 Å². The van der Waals surface area contributed by atoms with Gasteiger partial charge in [-0.2, -0.15) is 0 Å². The van der Waals surface area contributed by atoms with Crippen molar-refractivity contribution >= 4 is 23.7 Å². The van der Waals surface area contributed by atoms with Gasteiger partial charge in [-0.05, 0) is 35.1 Å². The maximum absolute atomic E-state index is 6.00. The van der Waals surface area contributed by atoms with Gasteiger partial charge in [-0.15, -0.1) is 12.6 Å². The molecular formula is C25H32N2O2S. The Kier molecular flexibility index (Phi) is 12.2. The van der Waals surface area contributed by atoms with Gasteiger partial charge >= 0.3 is 0 Å². The Hall–Kier alpha value is -2.60. The van der Waals surface area contributed by atoms with Gasteiger partial charge in [0.25, 0.3) is 0 Å². The third kappa shape index (κ3) is 9.27. The average Bonchev–Trinajstić information content (AvgIpc) is 3.17. The fraction of sp³-hybridized carbons (Fsp3) is 0.240. The largest absolute Gasteiger partial charge is 0.333 e. The lowest BCUT2D eigenvalue weighted by Crippen LogP contribution is -1.83. The minimum atomic E-state index is 0.659. The van der Waals surface area contributed by atoms with Crippen molar-refractivity contribution < 1.29 is 10.5 Å². The van der Waals surface area contributed by atoms with Gasteiger partial charge in [0.1, 0.15) is 0 Å². The molecule has 0 saturated heterocycles. The molecule has 0 fully saturated rings.